The standard InChI is InChI=1S/C8H14O6S2/c1-3-15(11,12)5-7(9)8(10)6-16(13,14)4-2/h3-4,7-10H,1-2,5-6H2. The zero-order valence-electron chi connectivity index (χ0n) is 8.48. The average Bonchev–Trinajstić information content (AvgIpc) is 2.16. The summed E-state index contributed by atoms with van der Waals surface area (Å²) in [5.41, 5.74) is 0. The van der Waals surface area contributed by atoms with E-state index in [1.54, 1.807) is 0 Å². The van der Waals surface area contributed by atoms with E-state index in [0.29, 0.717) is 10.8 Å². The van der Waals surface area contributed by atoms with E-state index in [2.05, 4.69) is 13.2 Å². The highest BCUT2D eigenvalue weighted by molar-refractivity contribution is 7.94. The van der Waals surface area contributed by atoms with Crippen LogP contribution in [0.4, 0.5) is 0 Å². The van der Waals surface area contributed by atoms with Gasteiger partial charge < -0.3 is 10.2 Å². The molecule has 0 aromatic carbocycles. The molecule has 6 nitrogen and oxygen atoms in total. The number of aliphatic hydroxyl groups is 2. The quantitative estimate of drug-likeness (QED) is 0.603. The van der Waals surface area contributed by atoms with Crippen LogP contribution in [0.15, 0.2) is 24.0 Å². The van der Waals surface area contributed by atoms with Crippen LogP contribution in [-0.4, -0.2) is 50.8 Å². The van der Waals surface area contributed by atoms with E-state index in [1.165, 1.54) is 0 Å². The van der Waals surface area contributed by atoms with E-state index >= 15 is 0 Å². The Bertz CT molecular complexity index is 403. The Labute approximate surface area is 94.8 Å². The third-order valence-electron chi connectivity index (χ3n) is 1.76. The maximum Gasteiger partial charge on any atom is 0.173 e. The maximum absolute atomic E-state index is 11.0. The molecule has 0 aromatic rings. The van der Waals surface area contributed by atoms with Crippen molar-refractivity contribution in [3.05, 3.63) is 24.0 Å². The molecule has 0 fully saturated rings. The number of aliphatic hydroxyl groups excluding tert-OH is 2. The Morgan fingerprint density at radius 2 is 1.12 bits per heavy atom. The number of hydrogen-bond donors (Lipinski definition) is 2. The van der Waals surface area contributed by atoms with Crippen molar-refractivity contribution >= 4 is 19.7 Å². The maximum atomic E-state index is 11.0. The van der Waals surface area contributed by atoms with Crippen molar-refractivity contribution in [2.45, 2.75) is 12.2 Å². The molecule has 0 bridgehead atoms. The number of hydrogen-bond acceptors (Lipinski definition) is 6. The highest BCUT2D eigenvalue weighted by Gasteiger charge is 2.25. The molecule has 2 N–H and O–H groups in total. The lowest BCUT2D eigenvalue weighted by Crippen LogP contribution is -2.37. The van der Waals surface area contributed by atoms with E-state index in [1.807, 2.05) is 0 Å². The van der Waals surface area contributed by atoms with Crippen LogP contribution >= 0.6 is 0 Å². The lowest BCUT2D eigenvalue weighted by molar-refractivity contribution is 0.0480. The molecule has 0 aliphatic rings. The van der Waals surface area contributed by atoms with Gasteiger partial charge in [0.2, 0.25) is 0 Å². The van der Waals surface area contributed by atoms with E-state index in [0.717, 1.165) is 0 Å². The third kappa shape index (κ3) is 5.40. The highest BCUT2D eigenvalue weighted by atomic mass is 32.2. The summed E-state index contributed by atoms with van der Waals surface area (Å²) in [7, 11) is -7.39. The van der Waals surface area contributed by atoms with Crippen molar-refractivity contribution in [3.63, 3.8) is 0 Å². The first-order chi connectivity index (χ1) is 7.13. The Morgan fingerprint density at radius 1 is 0.875 bits per heavy atom. The third-order valence-corrected chi connectivity index (χ3v) is 4.39. The molecule has 16 heavy (non-hydrogen) atoms. The fourth-order valence-corrected chi connectivity index (χ4v) is 2.50. The molecule has 2 atom stereocenters. The van der Waals surface area contributed by atoms with Gasteiger partial charge in [0.15, 0.2) is 19.7 Å². The molecular weight excluding hydrogens is 256 g/mol. The summed E-state index contributed by atoms with van der Waals surface area (Å²) in [5.74, 6) is -1.55. The first-order valence-corrected chi connectivity index (χ1v) is 7.63. The van der Waals surface area contributed by atoms with Crippen molar-refractivity contribution in [2.24, 2.45) is 0 Å². The van der Waals surface area contributed by atoms with Crippen LogP contribution < -0.4 is 0 Å². The fourth-order valence-electron chi connectivity index (χ4n) is 0.834. The molecule has 0 amide bonds. The molecule has 94 valence electrons. The smallest absolute Gasteiger partial charge is 0.173 e. The van der Waals surface area contributed by atoms with Gasteiger partial charge in [0.05, 0.1) is 23.7 Å². The van der Waals surface area contributed by atoms with Crippen molar-refractivity contribution in [1.82, 2.24) is 0 Å². The van der Waals surface area contributed by atoms with Gasteiger partial charge in [-0.15, -0.1) is 0 Å². The van der Waals surface area contributed by atoms with Gasteiger partial charge in [0, 0.05) is 10.8 Å². The molecule has 0 heterocycles. The zero-order chi connectivity index (χ0) is 13.0. The van der Waals surface area contributed by atoms with E-state index in [9.17, 15) is 27.0 Å². The van der Waals surface area contributed by atoms with Crippen molar-refractivity contribution in [1.29, 1.82) is 0 Å². The zero-order valence-corrected chi connectivity index (χ0v) is 10.1. The SMILES string of the molecule is C=CS(=O)(=O)CC(O)C(O)CS(=O)(=O)C=C. The summed E-state index contributed by atoms with van der Waals surface area (Å²) in [5, 5.41) is 19.8. The second kappa shape index (κ2) is 5.58. The van der Waals surface area contributed by atoms with Crippen LogP contribution in [0.1, 0.15) is 0 Å². The Kier molecular flexibility index (Phi) is 5.33. The molecular formula is C8H14O6S2. The Balaban J connectivity index is 4.59. The van der Waals surface area contributed by atoms with Crippen LogP contribution in [0, 0.1) is 0 Å². The monoisotopic (exact) mass is 270 g/mol. The van der Waals surface area contributed by atoms with Gasteiger partial charge in [-0.1, -0.05) is 13.2 Å². The van der Waals surface area contributed by atoms with Crippen LogP contribution in [0.2, 0.25) is 0 Å². The second-order valence-electron chi connectivity index (χ2n) is 3.13. The number of rotatable bonds is 7. The highest BCUT2D eigenvalue weighted by Crippen LogP contribution is 2.04. The first kappa shape index (κ1) is 15.3. The lowest BCUT2D eigenvalue weighted by atomic mass is 10.3. The van der Waals surface area contributed by atoms with E-state index in [-0.39, 0.29) is 0 Å². The topological polar surface area (TPSA) is 109 Å². The molecule has 0 spiro atoms. The molecule has 0 rings (SSSR count). The second-order valence-corrected chi connectivity index (χ2v) is 7.11. The fraction of sp³-hybridized carbons (Fsp3) is 0.500. The summed E-state index contributed by atoms with van der Waals surface area (Å²) in [6, 6.07) is 0. The minimum atomic E-state index is -3.69. The van der Waals surface area contributed by atoms with Crippen LogP contribution in [0.25, 0.3) is 0 Å². The Hall–Kier alpha value is -0.700. The molecule has 0 saturated carbocycles. The molecule has 0 aromatic heterocycles. The normalized spacial score (nSPS) is 16.4. The summed E-state index contributed by atoms with van der Waals surface area (Å²) < 4.78 is 44.0. The van der Waals surface area contributed by atoms with Gasteiger partial charge in [-0.05, 0) is 0 Å². The predicted octanol–water partition coefficient (Wildman–Crippen LogP) is -1.18. The lowest BCUT2D eigenvalue weighted by Gasteiger charge is -2.15. The molecule has 8 heteroatoms. The van der Waals surface area contributed by atoms with Crippen LogP contribution in [0.5, 0.6) is 0 Å². The molecule has 0 saturated heterocycles. The largest absolute Gasteiger partial charge is 0.389 e. The van der Waals surface area contributed by atoms with Crippen LogP contribution in [-0.2, 0) is 19.7 Å². The van der Waals surface area contributed by atoms with Gasteiger partial charge in [0.1, 0.15) is 0 Å². The first-order valence-electron chi connectivity index (χ1n) is 4.20. The molecule has 2 unspecified atom stereocenters. The minimum Gasteiger partial charge on any atom is -0.389 e. The summed E-state index contributed by atoms with van der Waals surface area (Å²) in [4.78, 5) is 0. The average molecular weight is 270 g/mol. The molecule has 0 aliphatic heterocycles. The van der Waals surface area contributed by atoms with E-state index in [4.69, 9.17) is 0 Å². The van der Waals surface area contributed by atoms with Gasteiger partial charge in [0.25, 0.3) is 0 Å². The van der Waals surface area contributed by atoms with Gasteiger partial charge in [-0.3, -0.25) is 0 Å². The summed E-state index contributed by atoms with van der Waals surface area (Å²) in [6.45, 7) is 6.04. The number of sulfone groups is 2. The van der Waals surface area contributed by atoms with Gasteiger partial charge >= 0.3 is 0 Å². The molecule has 0 radical (unpaired) electrons. The summed E-state index contributed by atoms with van der Waals surface area (Å²) >= 11 is 0. The minimum absolute atomic E-state index is 0.630. The van der Waals surface area contributed by atoms with Crippen molar-refractivity contribution in [2.75, 3.05) is 11.5 Å². The molecule has 0 aliphatic carbocycles. The predicted molar refractivity (Wildman–Crippen MR) is 60.0 cm³/mol. The summed E-state index contributed by atoms with van der Waals surface area (Å²) in [6.07, 6.45) is -3.37. The Morgan fingerprint density at radius 3 is 1.31 bits per heavy atom. The van der Waals surface area contributed by atoms with Crippen molar-refractivity contribution < 1.29 is 27.0 Å². The van der Waals surface area contributed by atoms with E-state index < -0.39 is 43.4 Å². The van der Waals surface area contributed by atoms with Crippen molar-refractivity contribution in [3.8, 4) is 0 Å². The van der Waals surface area contributed by atoms with Crippen LogP contribution in [0.3, 0.4) is 0 Å². The van der Waals surface area contributed by atoms with Gasteiger partial charge in [-0.25, -0.2) is 16.8 Å². The van der Waals surface area contributed by atoms with Gasteiger partial charge in [-0.2, -0.15) is 0 Å².